The Morgan fingerprint density at radius 3 is 2.67 bits per heavy atom. The molecule has 0 unspecified atom stereocenters. The van der Waals surface area contributed by atoms with Crippen molar-refractivity contribution in [1.82, 2.24) is 45.1 Å². The highest BCUT2D eigenvalue weighted by Crippen LogP contribution is 2.32. The molecule has 40 heavy (non-hydrogen) atoms. The van der Waals surface area contributed by atoms with Crippen molar-refractivity contribution < 1.29 is 14.1 Å². The predicted molar refractivity (Wildman–Crippen MR) is 145 cm³/mol. The Labute approximate surface area is 231 Å². The van der Waals surface area contributed by atoms with E-state index in [0.29, 0.717) is 42.7 Å². The monoisotopic (exact) mass is 544 g/mol. The zero-order chi connectivity index (χ0) is 27.9. The molecule has 6 rings (SSSR count). The van der Waals surface area contributed by atoms with E-state index in [4.69, 9.17) is 9.26 Å². The normalized spacial score (nSPS) is 18.1. The summed E-state index contributed by atoms with van der Waals surface area (Å²) in [5.41, 5.74) is 2.67. The van der Waals surface area contributed by atoms with E-state index in [-0.39, 0.29) is 23.3 Å². The summed E-state index contributed by atoms with van der Waals surface area (Å²) in [5, 5.41) is 14.6. The van der Waals surface area contributed by atoms with Crippen molar-refractivity contribution in [3.05, 3.63) is 59.6 Å². The first-order chi connectivity index (χ1) is 19.2. The molecule has 0 aliphatic carbocycles. The van der Waals surface area contributed by atoms with Crippen molar-refractivity contribution >= 4 is 17.7 Å². The second-order valence-electron chi connectivity index (χ2n) is 11.2. The quantitative estimate of drug-likeness (QED) is 0.369. The van der Waals surface area contributed by atoms with Crippen molar-refractivity contribution in [1.29, 1.82) is 0 Å². The van der Waals surface area contributed by atoms with Crippen LogP contribution in [0.5, 0.6) is 0 Å². The molecule has 1 atom stereocenters. The zero-order valence-corrected chi connectivity index (χ0v) is 23.0. The van der Waals surface area contributed by atoms with Gasteiger partial charge in [0.05, 0.1) is 25.3 Å². The number of nitrogens with zero attached hydrogens (tertiary/aromatic N) is 8. The van der Waals surface area contributed by atoms with Gasteiger partial charge in [-0.2, -0.15) is 15.1 Å². The van der Waals surface area contributed by atoms with Crippen LogP contribution in [-0.2, 0) is 23.7 Å². The summed E-state index contributed by atoms with van der Waals surface area (Å²) in [7, 11) is 1.85. The highest BCUT2D eigenvalue weighted by Gasteiger charge is 2.32. The number of aromatic nitrogens is 7. The average Bonchev–Trinajstić information content (AvgIpc) is 3.51. The van der Waals surface area contributed by atoms with Crippen LogP contribution >= 0.6 is 0 Å². The van der Waals surface area contributed by atoms with Gasteiger partial charge in [0.1, 0.15) is 6.33 Å². The van der Waals surface area contributed by atoms with Crippen LogP contribution in [0.2, 0.25) is 0 Å². The van der Waals surface area contributed by atoms with Crippen LogP contribution in [0.4, 0.5) is 11.8 Å². The molecule has 1 aromatic carbocycles. The van der Waals surface area contributed by atoms with Crippen molar-refractivity contribution in [2.24, 2.45) is 7.05 Å². The van der Waals surface area contributed by atoms with Gasteiger partial charge < -0.3 is 19.9 Å². The van der Waals surface area contributed by atoms with E-state index < -0.39 is 0 Å². The molecule has 0 saturated carbocycles. The van der Waals surface area contributed by atoms with Crippen molar-refractivity contribution in [2.45, 2.75) is 51.2 Å². The topological polar surface area (TPSA) is 149 Å². The summed E-state index contributed by atoms with van der Waals surface area (Å²) in [6, 6.07) is 8.08. The molecule has 2 aliphatic rings. The SMILES string of the molecule is Cn1ccc(Nc2ncnc(-c3ccc4c(c3)CN(C3COC3)CC[C@@H]4NC(=O)c3nc(C(C)(C)C)no3)n2)n1. The first-order valence-electron chi connectivity index (χ1n) is 13.3. The molecule has 13 heteroatoms. The van der Waals surface area contributed by atoms with Crippen LogP contribution in [0, 0.1) is 0 Å². The Balaban J connectivity index is 1.28. The van der Waals surface area contributed by atoms with E-state index in [2.05, 4.69) is 51.8 Å². The molecule has 3 aromatic heterocycles. The standard InChI is InChI=1S/C27H32N10O3/c1-27(2,3)25-33-24(40-35-25)23(38)30-20-7-10-37(18-13-39-14-18)12-17-11-16(5-6-19(17)20)22-28-15-29-26(32-22)31-21-8-9-36(4)34-21/h5-6,8-9,11,15,18,20H,7,10,12-14H2,1-4H3,(H,30,38)(H,28,29,31,32,34)/t20-/m0/s1. The number of fused-ring (bicyclic) bond motifs is 1. The van der Waals surface area contributed by atoms with E-state index in [1.807, 2.05) is 52.2 Å². The Morgan fingerprint density at radius 1 is 1.12 bits per heavy atom. The lowest BCUT2D eigenvalue weighted by Crippen LogP contribution is -2.48. The lowest BCUT2D eigenvalue weighted by Gasteiger charge is -2.36. The minimum absolute atomic E-state index is 0.0327. The molecule has 2 N–H and O–H groups in total. The fraction of sp³-hybridized carbons (Fsp3) is 0.444. The van der Waals surface area contributed by atoms with Crippen molar-refractivity contribution in [2.75, 3.05) is 25.1 Å². The first kappa shape index (κ1) is 26.0. The largest absolute Gasteiger partial charge is 0.378 e. The lowest BCUT2D eigenvalue weighted by molar-refractivity contribution is -0.0678. The smallest absolute Gasteiger partial charge is 0.315 e. The fourth-order valence-corrected chi connectivity index (χ4v) is 4.80. The number of hydrogen-bond acceptors (Lipinski definition) is 11. The summed E-state index contributed by atoms with van der Waals surface area (Å²) >= 11 is 0. The van der Waals surface area contributed by atoms with Crippen LogP contribution < -0.4 is 10.6 Å². The Hall–Kier alpha value is -4.23. The first-order valence-corrected chi connectivity index (χ1v) is 13.3. The predicted octanol–water partition coefficient (Wildman–Crippen LogP) is 2.77. The summed E-state index contributed by atoms with van der Waals surface area (Å²) in [5.74, 6) is 1.68. The minimum Gasteiger partial charge on any atom is -0.378 e. The maximum atomic E-state index is 13.2. The van der Waals surface area contributed by atoms with Gasteiger partial charge in [0.25, 0.3) is 0 Å². The third kappa shape index (κ3) is 5.42. The number of carbonyl (C=O) groups is 1. The summed E-state index contributed by atoms with van der Waals surface area (Å²) in [6.45, 7) is 8.87. The molecule has 0 radical (unpaired) electrons. The van der Waals surface area contributed by atoms with Crippen LogP contribution in [0.3, 0.4) is 0 Å². The van der Waals surface area contributed by atoms with Gasteiger partial charge >= 0.3 is 11.8 Å². The van der Waals surface area contributed by atoms with Gasteiger partial charge in [-0.1, -0.05) is 38.1 Å². The number of ether oxygens (including phenoxy) is 1. The molecule has 5 heterocycles. The van der Waals surface area contributed by atoms with E-state index >= 15 is 0 Å². The zero-order valence-electron chi connectivity index (χ0n) is 23.0. The number of nitrogens with one attached hydrogen (secondary N) is 2. The Morgan fingerprint density at radius 2 is 1.98 bits per heavy atom. The summed E-state index contributed by atoms with van der Waals surface area (Å²) < 4.78 is 12.5. The van der Waals surface area contributed by atoms with Crippen molar-refractivity contribution in [3.8, 4) is 11.4 Å². The van der Waals surface area contributed by atoms with Gasteiger partial charge in [-0.15, -0.1) is 0 Å². The van der Waals surface area contributed by atoms with Gasteiger partial charge in [-0.3, -0.25) is 14.4 Å². The number of carbonyl (C=O) groups excluding carboxylic acids is 1. The van der Waals surface area contributed by atoms with Gasteiger partial charge in [0.15, 0.2) is 17.5 Å². The van der Waals surface area contributed by atoms with Gasteiger partial charge in [-0.05, 0) is 23.6 Å². The van der Waals surface area contributed by atoms with Gasteiger partial charge in [0.2, 0.25) is 5.95 Å². The van der Waals surface area contributed by atoms with Crippen LogP contribution in [0.25, 0.3) is 11.4 Å². The fourth-order valence-electron chi connectivity index (χ4n) is 4.80. The lowest BCUT2D eigenvalue weighted by atomic mass is 9.96. The van der Waals surface area contributed by atoms with Gasteiger partial charge in [0, 0.05) is 43.4 Å². The Kier molecular flexibility index (Phi) is 6.76. The number of anilines is 2. The van der Waals surface area contributed by atoms with Gasteiger partial charge in [-0.25, -0.2) is 9.97 Å². The number of hydrogen-bond donors (Lipinski definition) is 2. The third-order valence-corrected chi connectivity index (χ3v) is 7.11. The molecular formula is C27H32N10O3. The molecule has 13 nitrogen and oxygen atoms in total. The molecule has 4 aromatic rings. The molecule has 0 spiro atoms. The number of benzene rings is 1. The van der Waals surface area contributed by atoms with Crippen LogP contribution in [-0.4, -0.2) is 71.5 Å². The maximum Gasteiger partial charge on any atom is 0.315 e. The molecular weight excluding hydrogens is 512 g/mol. The van der Waals surface area contributed by atoms with Crippen LogP contribution in [0.1, 0.15) is 60.9 Å². The minimum atomic E-state index is -0.383. The van der Waals surface area contributed by atoms with E-state index in [1.54, 1.807) is 4.68 Å². The van der Waals surface area contributed by atoms with Crippen molar-refractivity contribution in [3.63, 3.8) is 0 Å². The molecule has 208 valence electrons. The number of amides is 1. The highest BCUT2D eigenvalue weighted by molar-refractivity contribution is 5.89. The average molecular weight is 545 g/mol. The second kappa shape index (κ2) is 10.4. The third-order valence-electron chi connectivity index (χ3n) is 7.11. The van der Waals surface area contributed by atoms with E-state index in [1.165, 1.54) is 6.33 Å². The molecule has 0 bridgehead atoms. The number of rotatable bonds is 6. The van der Waals surface area contributed by atoms with E-state index in [0.717, 1.165) is 36.2 Å². The summed E-state index contributed by atoms with van der Waals surface area (Å²) in [4.78, 5) is 33.2. The molecule has 1 fully saturated rings. The number of aryl methyl sites for hydroxylation is 1. The molecule has 1 amide bonds. The molecule has 1 saturated heterocycles. The second-order valence-corrected chi connectivity index (χ2v) is 11.2. The Bertz CT molecular complexity index is 1520. The van der Waals surface area contributed by atoms with Crippen LogP contribution in [0.15, 0.2) is 41.3 Å². The maximum absolute atomic E-state index is 13.2. The van der Waals surface area contributed by atoms with E-state index in [9.17, 15) is 4.79 Å². The summed E-state index contributed by atoms with van der Waals surface area (Å²) in [6.07, 6.45) is 4.06. The highest BCUT2D eigenvalue weighted by atomic mass is 16.5. The molecule has 2 aliphatic heterocycles.